The number of nitriles is 1. The monoisotopic (exact) mass is 378 g/mol. The van der Waals surface area contributed by atoms with Crippen molar-refractivity contribution in [2.24, 2.45) is 0 Å². The molecule has 0 aromatic heterocycles. The largest absolute Gasteiger partial charge is 0.482 e. The molecule has 1 aliphatic heterocycles. The highest BCUT2D eigenvalue weighted by molar-refractivity contribution is 5.77. The minimum absolute atomic E-state index is 0.0203. The molecule has 1 heterocycles. The molecule has 1 fully saturated rings. The minimum Gasteiger partial charge on any atom is -0.482 e. The Morgan fingerprint density at radius 2 is 1.82 bits per heavy atom. The quantitative estimate of drug-likeness (QED) is 0.836. The van der Waals surface area contributed by atoms with Crippen LogP contribution in [0.3, 0.4) is 0 Å². The lowest BCUT2D eigenvalue weighted by atomic mass is 10.0. The second kappa shape index (κ2) is 9.38. The zero-order valence-electron chi connectivity index (χ0n) is 16.6. The summed E-state index contributed by atoms with van der Waals surface area (Å²) >= 11 is 0. The van der Waals surface area contributed by atoms with Gasteiger partial charge in [-0.1, -0.05) is 50.2 Å². The van der Waals surface area contributed by atoms with Gasteiger partial charge in [0.1, 0.15) is 18.4 Å². The Morgan fingerprint density at radius 1 is 1.14 bits per heavy atom. The average Bonchev–Trinajstić information content (AvgIpc) is 2.73. The Balaban J connectivity index is 1.45. The van der Waals surface area contributed by atoms with E-state index in [0.717, 1.165) is 32.7 Å². The van der Waals surface area contributed by atoms with Crippen LogP contribution in [0.4, 0.5) is 0 Å². The molecule has 0 saturated carbocycles. The second-order valence-corrected chi connectivity index (χ2v) is 7.60. The number of hydrogen-bond acceptors (Lipinski definition) is 3. The smallest absolute Gasteiger partial charge is 0.260 e. The van der Waals surface area contributed by atoms with Crippen LogP contribution in [-0.4, -0.2) is 43.6 Å². The maximum atomic E-state index is 12.4. The lowest BCUT2D eigenvalue weighted by Gasteiger charge is -2.32. The van der Waals surface area contributed by atoms with Gasteiger partial charge in [-0.25, -0.2) is 0 Å². The van der Waals surface area contributed by atoms with Gasteiger partial charge in [0, 0.05) is 5.56 Å². The van der Waals surface area contributed by atoms with Crippen LogP contribution < -0.4 is 9.64 Å². The van der Waals surface area contributed by atoms with Crippen molar-refractivity contribution in [1.82, 2.24) is 4.90 Å². The highest BCUT2D eigenvalue weighted by Gasteiger charge is 2.24. The van der Waals surface area contributed by atoms with Crippen LogP contribution in [0.15, 0.2) is 48.5 Å². The molecule has 0 bridgehead atoms. The Bertz CT molecular complexity index is 832. The number of piperazine rings is 1. The fraction of sp³-hybridized carbons (Fsp3) is 0.391. The highest BCUT2D eigenvalue weighted by atomic mass is 16.5. The normalized spacial score (nSPS) is 14.7. The van der Waals surface area contributed by atoms with Crippen molar-refractivity contribution in [2.75, 3.05) is 32.8 Å². The summed E-state index contributed by atoms with van der Waals surface area (Å²) in [5, 5.41) is 9.10. The van der Waals surface area contributed by atoms with Gasteiger partial charge in [0.15, 0.2) is 6.61 Å². The van der Waals surface area contributed by atoms with Gasteiger partial charge in [0.25, 0.3) is 5.91 Å². The molecule has 0 unspecified atom stereocenters. The summed E-state index contributed by atoms with van der Waals surface area (Å²) in [5.41, 5.74) is 3.16. The van der Waals surface area contributed by atoms with Crippen molar-refractivity contribution in [3.05, 3.63) is 65.2 Å². The van der Waals surface area contributed by atoms with Crippen molar-refractivity contribution in [3.63, 3.8) is 0 Å². The van der Waals surface area contributed by atoms with Gasteiger partial charge >= 0.3 is 0 Å². The van der Waals surface area contributed by atoms with Gasteiger partial charge in [-0.2, -0.15) is 5.26 Å². The number of para-hydroxylation sites is 1. The molecule has 0 atom stereocenters. The van der Waals surface area contributed by atoms with Crippen LogP contribution in [0.5, 0.6) is 5.75 Å². The van der Waals surface area contributed by atoms with E-state index in [1.807, 2.05) is 4.90 Å². The Hall–Kier alpha value is -2.84. The molecule has 1 amide bonds. The van der Waals surface area contributed by atoms with Crippen LogP contribution in [0.25, 0.3) is 0 Å². The number of quaternary nitrogens is 1. The number of benzene rings is 2. The van der Waals surface area contributed by atoms with Gasteiger partial charge in [-0.05, 0) is 23.6 Å². The number of hydrogen-bond donors (Lipinski definition) is 1. The molecule has 5 nitrogen and oxygen atoms in total. The molecular weight excluding hydrogens is 350 g/mol. The van der Waals surface area contributed by atoms with E-state index in [1.165, 1.54) is 16.0 Å². The molecule has 2 aromatic carbocycles. The first-order valence-electron chi connectivity index (χ1n) is 9.89. The summed E-state index contributed by atoms with van der Waals surface area (Å²) in [6, 6.07) is 18.0. The summed E-state index contributed by atoms with van der Waals surface area (Å²) < 4.78 is 5.58. The van der Waals surface area contributed by atoms with Crippen LogP contribution in [-0.2, 0) is 11.3 Å². The summed E-state index contributed by atoms with van der Waals surface area (Å²) in [7, 11) is 0. The van der Waals surface area contributed by atoms with E-state index in [-0.39, 0.29) is 12.5 Å². The number of carbonyl (C=O) groups excluding carboxylic acids is 1. The fourth-order valence-electron chi connectivity index (χ4n) is 3.47. The van der Waals surface area contributed by atoms with Crippen LogP contribution in [0.2, 0.25) is 0 Å². The second-order valence-electron chi connectivity index (χ2n) is 7.60. The van der Waals surface area contributed by atoms with Crippen LogP contribution >= 0.6 is 0 Å². The number of nitrogens with one attached hydrogen (secondary N) is 1. The van der Waals surface area contributed by atoms with Crippen LogP contribution in [0, 0.1) is 11.3 Å². The number of nitrogens with zero attached hydrogens (tertiary/aromatic N) is 2. The first-order chi connectivity index (χ1) is 13.6. The Morgan fingerprint density at radius 3 is 2.46 bits per heavy atom. The van der Waals surface area contributed by atoms with Gasteiger partial charge < -0.3 is 14.5 Å². The topological polar surface area (TPSA) is 57.8 Å². The number of carbonyl (C=O) groups is 1. The molecular formula is C23H28N3O2+. The third kappa shape index (κ3) is 5.11. The Labute approximate surface area is 167 Å². The molecule has 5 heteroatoms. The van der Waals surface area contributed by atoms with Crippen molar-refractivity contribution >= 4 is 5.91 Å². The zero-order chi connectivity index (χ0) is 19.9. The zero-order valence-corrected chi connectivity index (χ0v) is 16.6. The van der Waals surface area contributed by atoms with E-state index in [9.17, 15) is 4.79 Å². The number of amides is 1. The van der Waals surface area contributed by atoms with Gasteiger partial charge in [0.05, 0.1) is 31.7 Å². The number of rotatable bonds is 6. The first kappa shape index (κ1) is 19.9. The first-order valence-corrected chi connectivity index (χ1v) is 9.89. The van der Waals surface area contributed by atoms with Gasteiger partial charge in [-0.3, -0.25) is 4.79 Å². The van der Waals surface area contributed by atoms with E-state index < -0.39 is 0 Å². The predicted molar refractivity (Wildman–Crippen MR) is 108 cm³/mol. The summed E-state index contributed by atoms with van der Waals surface area (Å²) in [5.74, 6) is 0.999. The fourth-order valence-corrected chi connectivity index (χ4v) is 3.47. The van der Waals surface area contributed by atoms with Crippen molar-refractivity contribution < 1.29 is 14.4 Å². The molecule has 1 saturated heterocycles. The van der Waals surface area contributed by atoms with E-state index in [4.69, 9.17) is 10.00 Å². The van der Waals surface area contributed by atoms with E-state index in [1.54, 1.807) is 24.3 Å². The van der Waals surface area contributed by atoms with E-state index in [2.05, 4.69) is 44.2 Å². The molecule has 1 N–H and O–H groups in total. The maximum Gasteiger partial charge on any atom is 0.260 e. The third-order valence-corrected chi connectivity index (χ3v) is 5.28. The standard InChI is InChI=1S/C23H27N3O2/c1-18(2)20-9-7-19(8-10-20)16-25-11-13-26(14-12-25)23(27)17-28-22-6-4-3-5-21(22)15-24/h3-10,18H,11-14,16-17H2,1-2H3/p+1. The maximum absolute atomic E-state index is 12.4. The molecule has 2 aromatic rings. The van der Waals surface area contributed by atoms with Crippen LogP contribution in [0.1, 0.15) is 36.5 Å². The Kier molecular flexibility index (Phi) is 6.67. The SMILES string of the molecule is CC(C)c1ccc(C[NH+]2CCN(C(=O)COc3ccccc3C#N)CC2)cc1. The molecule has 0 radical (unpaired) electrons. The average molecular weight is 378 g/mol. The van der Waals surface area contributed by atoms with Crippen molar-refractivity contribution in [1.29, 1.82) is 5.26 Å². The third-order valence-electron chi connectivity index (χ3n) is 5.28. The van der Waals surface area contributed by atoms with E-state index >= 15 is 0 Å². The number of ether oxygens (including phenoxy) is 1. The summed E-state index contributed by atoms with van der Waals surface area (Å²) in [6.45, 7) is 8.73. The van der Waals surface area contributed by atoms with E-state index in [0.29, 0.717) is 17.2 Å². The molecule has 0 spiro atoms. The highest BCUT2D eigenvalue weighted by Crippen LogP contribution is 2.16. The van der Waals surface area contributed by atoms with Gasteiger partial charge in [0.2, 0.25) is 0 Å². The summed E-state index contributed by atoms with van der Waals surface area (Å²) in [6.07, 6.45) is 0. The van der Waals surface area contributed by atoms with Crippen molar-refractivity contribution in [3.8, 4) is 11.8 Å². The lowest BCUT2D eigenvalue weighted by molar-refractivity contribution is -0.917. The molecule has 3 rings (SSSR count). The molecule has 146 valence electrons. The van der Waals surface area contributed by atoms with Gasteiger partial charge in [-0.15, -0.1) is 0 Å². The lowest BCUT2D eigenvalue weighted by Crippen LogP contribution is -3.13. The minimum atomic E-state index is -0.0231. The van der Waals surface area contributed by atoms with Crippen molar-refractivity contribution in [2.45, 2.75) is 26.3 Å². The molecule has 0 aliphatic carbocycles. The molecule has 1 aliphatic rings. The summed E-state index contributed by atoms with van der Waals surface area (Å²) in [4.78, 5) is 15.8. The predicted octanol–water partition coefficient (Wildman–Crippen LogP) is 1.99. The molecule has 28 heavy (non-hydrogen) atoms.